The van der Waals surface area contributed by atoms with E-state index in [1.165, 1.54) is 39.1 Å². The number of ether oxygens (including phenoxy) is 1. The van der Waals surface area contributed by atoms with Crippen LogP contribution in [-0.4, -0.2) is 79.5 Å². The maximum absolute atomic E-state index is 14.2. The van der Waals surface area contributed by atoms with E-state index in [9.17, 15) is 40.6 Å². The molecule has 0 radical (unpaired) electrons. The van der Waals surface area contributed by atoms with Crippen molar-refractivity contribution in [3.63, 3.8) is 0 Å². The fourth-order valence-electron chi connectivity index (χ4n) is 6.21. The minimum absolute atomic E-state index is 0.0186. The number of aliphatic hydroxyl groups is 1. The van der Waals surface area contributed by atoms with Gasteiger partial charge in [0.2, 0.25) is 5.91 Å². The van der Waals surface area contributed by atoms with Gasteiger partial charge in [-0.15, -0.1) is 0 Å². The Balaban J connectivity index is 1.59. The summed E-state index contributed by atoms with van der Waals surface area (Å²) in [4.78, 5) is 24.3. The van der Waals surface area contributed by atoms with Crippen LogP contribution in [0.5, 0.6) is 0 Å². The van der Waals surface area contributed by atoms with E-state index in [2.05, 4.69) is 4.90 Å². The molecule has 0 aliphatic carbocycles. The molecule has 2 aliphatic rings. The summed E-state index contributed by atoms with van der Waals surface area (Å²) in [5.41, 5.74) is -4.01. The smallest absolute Gasteiger partial charge is 0.394 e. The standard InChI is InChI=1S/C33H35F7N4O3/c1-19-11-23(34)5-6-26(19)29-27(7-8-28(41-29)44-16-25-18-47-10-9-43(25)15-24(44)17-45)42(4)30(46)31(2,3)20-12-21(32(35,36)37)14-22(13-20)33(38,39)40/h5-8,11-14,24-25,45H,9-10,15-18H2,1-4H3/t24-,25-/m0/s1. The van der Waals surface area contributed by atoms with Crippen molar-refractivity contribution >= 4 is 17.4 Å². The lowest BCUT2D eigenvalue weighted by atomic mass is 9.81. The van der Waals surface area contributed by atoms with Crippen molar-refractivity contribution in [3.05, 3.63) is 76.6 Å². The highest BCUT2D eigenvalue weighted by atomic mass is 19.4. The molecule has 0 unspecified atom stereocenters. The number of likely N-dealkylation sites (N-methyl/N-ethyl adjacent to an activating group) is 1. The first-order chi connectivity index (χ1) is 21.9. The number of amides is 1. The average Bonchev–Trinajstić information content (AvgIpc) is 3.02. The molecule has 0 saturated carbocycles. The first kappa shape index (κ1) is 34.6. The monoisotopic (exact) mass is 668 g/mol. The lowest BCUT2D eigenvalue weighted by molar-refractivity contribution is -0.143. The van der Waals surface area contributed by atoms with Crippen molar-refractivity contribution in [1.29, 1.82) is 0 Å². The van der Waals surface area contributed by atoms with Crippen LogP contribution in [0.25, 0.3) is 11.3 Å². The second-order valence-electron chi connectivity index (χ2n) is 12.5. The molecule has 2 fully saturated rings. The fraction of sp³-hybridized carbons (Fsp3) is 0.455. The quantitative estimate of drug-likeness (QED) is 0.323. The van der Waals surface area contributed by atoms with E-state index in [0.29, 0.717) is 55.4 Å². The van der Waals surface area contributed by atoms with Gasteiger partial charge in [-0.1, -0.05) is 0 Å². The first-order valence-corrected chi connectivity index (χ1v) is 15.0. The fourth-order valence-corrected chi connectivity index (χ4v) is 6.21. The molecular weight excluding hydrogens is 633 g/mol. The van der Waals surface area contributed by atoms with Crippen molar-refractivity contribution in [3.8, 4) is 11.3 Å². The van der Waals surface area contributed by atoms with Crippen LogP contribution >= 0.6 is 0 Å². The molecule has 2 aliphatic heterocycles. The zero-order chi connectivity index (χ0) is 34.5. The van der Waals surface area contributed by atoms with Gasteiger partial charge in [0, 0.05) is 32.2 Å². The number of anilines is 2. The van der Waals surface area contributed by atoms with Crippen LogP contribution in [0.2, 0.25) is 0 Å². The van der Waals surface area contributed by atoms with Gasteiger partial charge in [0.1, 0.15) is 11.6 Å². The van der Waals surface area contributed by atoms with Crippen molar-refractivity contribution in [2.45, 2.75) is 50.6 Å². The topological polar surface area (TPSA) is 69.1 Å². The normalized spacial score (nSPS) is 19.4. The maximum Gasteiger partial charge on any atom is 0.416 e. The van der Waals surface area contributed by atoms with Crippen molar-refractivity contribution in [1.82, 2.24) is 9.88 Å². The zero-order valence-corrected chi connectivity index (χ0v) is 26.2. The van der Waals surface area contributed by atoms with Gasteiger partial charge < -0.3 is 19.6 Å². The molecule has 2 aromatic carbocycles. The number of piperazine rings is 1. The molecule has 0 bridgehead atoms. The highest BCUT2D eigenvalue weighted by molar-refractivity contribution is 6.03. The maximum atomic E-state index is 14.2. The molecule has 7 nitrogen and oxygen atoms in total. The van der Waals surface area contributed by atoms with Crippen LogP contribution in [0.1, 0.15) is 36.1 Å². The summed E-state index contributed by atoms with van der Waals surface area (Å²) in [6.45, 7) is 6.84. The molecular formula is C33H35F7N4O3. The summed E-state index contributed by atoms with van der Waals surface area (Å²) in [6, 6.07) is 8.08. The number of benzene rings is 2. The SMILES string of the molecule is Cc1cc(F)ccc1-c1nc(N2C[C@H]3COCCN3C[C@H]2CO)ccc1N(C)C(=O)C(C)(C)c1cc(C(F)(F)F)cc(C(F)(F)F)c1. The number of hydrogen-bond acceptors (Lipinski definition) is 6. The van der Waals surface area contributed by atoms with E-state index in [4.69, 9.17) is 9.72 Å². The molecule has 14 heteroatoms. The summed E-state index contributed by atoms with van der Waals surface area (Å²) >= 11 is 0. The minimum Gasteiger partial charge on any atom is -0.394 e. The number of nitrogens with zero attached hydrogens (tertiary/aromatic N) is 4. The highest BCUT2D eigenvalue weighted by Gasteiger charge is 2.42. The van der Waals surface area contributed by atoms with Crippen LogP contribution < -0.4 is 9.80 Å². The zero-order valence-electron chi connectivity index (χ0n) is 26.2. The third kappa shape index (κ3) is 6.95. The molecule has 0 spiro atoms. The Hall–Kier alpha value is -3.75. The van der Waals surface area contributed by atoms with E-state index in [0.717, 1.165) is 11.4 Å². The van der Waals surface area contributed by atoms with Gasteiger partial charge in [0.25, 0.3) is 0 Å². The number of rotatable bonds is 6. The Morgan fingerprint density at radius 2 is 1.62 bits per heavy atom. The summed E-state index contributed by atoms with van der Waals surface area (Å²) < 4.78 is 102. The van der Waals surface area contributed by atoms with Gasteiger partial charge in [-0.25, -0.2) is 9.37 Å². The van der Waals surface area contributed by atoms with E-state index >= 15 is 0 Å². The number of carbonyl (C=O) groups is 1. The number of carbonyl (C=O) groups excluding carboxylic acids is 1. The number of aryl methyl sites for hydroxylation is 1. The second-order valence-corrected chi connectivity index (χ2v) is 12.5. The number of halogens is 7. The molecule has 47 heavy (non-hydrogen) atoms. The van der Waals surface area contributed by atoms with E-state index < -0.39 is 46.2 Å². The first-order valence-electron chi connectivity index (χ1n) is 15.0. The van der Waals surface area contributed by atoms with Crippen LogP contribution in [0, 0.1) is 12.7 Å². The van der Waals surface area contributed by atoms with Crippen LogP contribution in [-0.2, 0) is 27.3 Å². The predicted octanol–water partition coefficient (Wildman–Crippen LogP) is 6.06. The molecule has 1 N–H and O–H groups in total. The van der Waals surface area contributed by atoms with Gasteiger partial charge in [-0.2, -0.15) is 26.3 Å². The number of pyridine rings is 1. The summed E-state index contributed by atoms with van der Waals surface area (Å²) in [5, 5.41) is 10.3. The Morgan fingerprint density at radius 3 is 2.21 bits per heavy atom. The number of alkyl halides is 6. The lowest BCUT2D eigenvalue weighted by Crippen LogP contribution is -2.63. The molecule has 254 valence electrons. The molecule has 2 atom stereocenters. The minimum atomic E-state index is -5.09. The van der Waals surface area contributed by atoms with E-state index in [1.54, 1.807) is 19.1 Å². The molecule has 1 aromatic heterocycles. The molecule has 1 amide bonds. The average molecular weight is 669 g/mol. The number of morpholine rings is 1. The summed E-state index contributed by atoms with van der Waals surface area (Å²) in [7, 11) is 1.36. The number of hydrogen-bond donors (Lipinski definition) is 1. The van der Waals surface area contributed by atoms with Crippen LogP contribution in [0.3, 0.4) is 0 Å². The largest absolute Gasteiger partial charge is 0.416 e. The van der Waals surface area contributed by atoms with E-state index in [-0.39, 0.29) is 36.1 Å². The molecule has 3 heterocycles. The second kappa shape index (κ2) is 12.7. The van der Waals surface area contributed by atoms with Crippen molar-refractivity contribution < 1.29 is 45.4 Å². The van der Waals surface area contributed by atoms with Gasteiger partial charge >= 0.3 is 12.4 Å². The van der Waals surface area contributed by atoms with Gasteiger partial charge in [-0.3, -0.25) is 9.69 Å². The Morgan fingerprint density at radius 1 is 0.979 bits per heavy atom. The van der Waals surface area contributed by atoms with E-state index in [1.807, 2.05) is 4.90 Å². The van der Waals surface area contributed by atoms with Gasteiger partial charge in [0.15, 0.2) is 0 Å². The third-order valence-electron chi connectivity index (χ3n) is 8.96. The third-order valence-corrected chi connectivity index (χ3v) is 8.96. The Bertz CT molecular complexity index is 1610. The highest BCUT2D eigenvalue weighted by Crippen LogP contribution is 2.41. The Kier molecular flexibility index (Phi) is 9.34. The van der Waals surface area contributed by atoms with Crippen LogP contribution in [0.4, 0.5) is 42.2 Å². The summed E-state index contributed by atoms with van der Waals surface area (Å²) in [6.07, 6.45) is -10.2. The molecule has 3 aromatic rings. The van der Waals surface area contributed by atoms with Gasteiger partial charge in [0.05, 0.1) is 59.8 Å². The van der Waals surface area contributed by atoms with Crippen LogP contribution in [0.15, 0.2) is 48.5 Å². The van der Waals surface area contributed by atoms with Crippen molar-refractivity contribution in [2.24, 2.45) is 0 Å². The lowest BCUT2D eigenvalue weighted by Gasteiger charge is -2.48. The number of aliphatic hydroxyl groups excluding tert-OH is 1. The molecule has 5 rings (SSSR count). The predicted molar refractivity (Wildman–Crippen MR) is 162 cm³/mol. The number of fused-ring (bicyclic) bond motifs is 1. The van der Waals surface area contributed by atoms with Gasteiger partial charge in [-0.05, 0) is 80.4 Å². The Labute approximate surface area is 267 Å². The molecule has 2 saturated heterocycles. The number of aromatic nitrogens is 1. The van der Waals surface area contributed by atoms with Crippen molar-refractivity contribution in [2.75, 3.05) is 56.3 Å². The summed E-state index contributed by atoms with van der Waals surface area (Å²) in [5.74, 6) is -0.848.